The molecule has 0 radical (unpaired) electrons. The van der Waals surface area contributed by atoms with Gasteiger partial charge < -0.3 is 21.3 Å². The molecule has 0 bridgehead atoms. The lowest BCUT2D eigenvalue weighted by Crippen LogP contribution is -2.36. The summed E-state index contributed by atoms with van der Waals surface area (Å²) in [6.45, 7) is 3.59. The van der Waals surface area contributed by atoms with Crippen LogP contribution in [0.2, 0.25) is 0 Å². The fourth-order valence-electron chi connectivity index (χ4n) is 4.99. The Morgan fingerprint density at radius 1 is 1.36 bits per heavy atom. The van der Waals surface area contributed by atoms with Gasteiger partial charge in [0.15, 0.2) is 11.5 Å². The Balaban J connectivity index is 1.55. The van der Waals surface area contributed by atoms with Gasteiger partial charge in [-0.1, -0.05) is 0 Å². The molecule has 3 heterocycles. The van der Waals surface area contributed by atoms with Crippen molar-refractivity contribution in [3.8, 4) is 11.3 Å². The monoisotopic (exact) mass is 543 g/mol. The second-order valence-corrected chi connectivity index (χ2v) is 10.2. The highest BCUT2D eigenvalue weighted by molar-refractivity contribution is 6.04. The Kier molecular flexibility index (Phi) is 6.69. The summed E-state index contributed by atoms with van der Waals surface area (Å²) in [5.74, 6) is -0.542. The molecule has 1 aromatic carbocycles. The van der Waals surface area contributed by atoms with Crippen LogP contribution in [0.15, 0.2) is 24.4 Å². The first-order valence-corrected chi connectivity index (χ1v) is 12.6. The number of hydrogen-bond donors (Lipinski definition) is 3. The number of rotatable bonds is 8. The van der Waals surface area contributed by atoms with E-state index in [4.69, 9.17) is 5.73 Å². The smallest absolute Gasteiger partial charge is 0.381 e. The molecule has 2 atom stereocenters. The van der Waals surface area contributed by atoms with Gasteiger partial charge in [0, 0.05) is 37.3 Å². The second kappa shape index (κ2) is 9.86. The molecule has 1 saturated heterocycles. The number of alkyl halides is 3. The lowest BCUT2D eigenvalue weighted by Gasteiger charge is -2.27. The molecule has 3 aromatic rings. The zero-order valence-electron chi connectivity index (χ0n) is 21.4. The highest BCUT2D eigenvalue weighted by atomic mass is 19.4. The molecule has 206 valence electrons. The molecular weight excluding hydrogens is 515 g/mol. The molecule has 13 heteroatoms. The Morgan fingerprint density at radius 2 is 2.10 bits per heavy atom. The minimum absolute atomic E-state index is 0.0214. The summed E-state index contributed by atoms with van der Waals surface area (Å²) in [5.41, 5.74) is 5.93. The summed E-state index contributed by atoms with van der Waals surface area (Å²) >= 11 is 0. The van der Waals surface area contributed by atoms with Crippen LogP contribution < -0.4 is 16.4 Å². The molecule has 4 N–H and O–H groups in total. The molecule has 10 nitrogen and oxygen atoms in total. The van der Waals surface area contributed by atoms with Gasteiger partial charge in [-0.15, -0.1) is 5.10 Å². The van der Waals surface area contributed by atoms with Gasteiger partial charge in [-0.05, 0) is 61.9 Å². The van der Waals surface area contributed by atoms with Crippen LogP contribution in [-0.4, -0.2) is 56.4 Å². The Morgan fingerprint density at radius 3 is 2.72 bits per heavy atom. The van der Waals surface area contributed by atoms with Crippen LogP contribution in [0.1, 0.15) is 53.2 Å². The van der Waals surface area contributed by atoms with E-state index in [1.165, 1.54) is 28.6 Å². The quantitative estimate of drug-likeness (QED) is 0.374. The third-order valence-corrected chi connectivity index (χ3v) is 7.48. The number of carbonyl (C=O) groups excluding carboxylic acids is 3. The highest BCUT2D eigenvalue weighted by Gasteiger charge is 2.36. The van der Waals surface area contributed by atoms with Crippen molar-refractivity contribution in [3.63, 3.8) is 0 Å². The Labute approximate surface area is 221 Å². The number of nitrogens with two attached hydrogens (primary N) is 1. The van der Waals surface area contributed by atoms with Gasteiger partial charge in [-0.25, -0.2) is 9.50 Å². The largest absolute Gasteiger partial charge is 0.416 e. The van der Waals surface area contributed by atoms with Crippen molar-refractivity contribution in [3.05, 3.63) is 46.6 Å². The van der Waals surface area contributed by atoms with Gasteiger partial charge in [0.1, 0.15) is 5.56 Å². The van der Waals surface area contributed by atoms with Gasteiger partial charge >= 0.3 is 6.18 Å². The second-order valence-electron chi connectivity index (χ2n) is 10.2. The summed E-state index contributed by atoms with van der Waals surface area (Å²) in [6, 6.07) is 3.57. The first-order valence-electron chi connectivity index (χ1n) is 12.6. The lowest BCUT2D eigenvalue weighted by atomic mass is 9.96. The molecule has 2 unspecified atom stereocenters. The van der Waals surface area contributed by atoms with E-state index in [0.29, 0.717) is 17.9 Å². The van der Waals surface area contributed by atoms with E-state index >= 15 is 0 Å². The number of nitrogens with zero attached hydrogens (tertiary/aromatic N) is 4. The maximum absolute atomic E-state index is 14.1. The topological polar surface area (TPSA) is 135 Å². The summed E-state index contributed by atoms with van der Waals surface area (Å²) in [5, 5.41) is 9.45. The maximum Gasteiger partial charge on any atom is 0.416 e. The molecule has 2 fully saturated rings. The summed E-state index contributed by atoms with van der Waals surface area (Å²) < 4.78 is 43.5. The van der Waals surface area contributed by atoms with Crippen LogP contribution >= 0.6 is 0 Å². The van der Waals surface area contributed by atoms with E-state index in [1.54, 1.807) is 6.07 Å². The molecule has 5 rings (SSSR count). The molecule has 0 spiro atoms. The first kappa shape index (κ1) is 26.4. The zero-order valence-corrected chi connectivity index (χ0v) is 21.4. The fourth-order valence-corrected chi connectivity index (χ4v) is 4.99. The lowest BCUT2D eigenvalue weighted by molar-refractivity contribution is -0.138. The van der Waals surface area contributed by atoms with E-state index in [1.807, 2.05) is 6.92 Å². The van der Waals surface area contributed by atoms with Crippen molar-refractivity contribution in [2.24, 2.45) is 5.92 Å². The average Bonchev–Trinajstić information content (AvgIpc) is 3.56. The zero-order chi connectivity index (χ0) is 28.1. The molecule has 2 aromatic heterocycles. The fraction of sp³-hybridized carbons (Fsp3) is 0.423. The summed E-state index contributed by atoms with van der Waals surface area (Å²) in [6.07, 6.45) is -0.398. The van der Waals surface area contributed by atoms with Crippen molar-refractivity contribution in [2.75, 3.05) is 12.3 Å². The first-order chi connectivity index (χ1) is 18.5. The van der Waals surface area contributed by atoms with E-state index in [9.17, 15) is 27.6 Å². The third-order valence-electron chi connectivity index (χ3n) is 7.48. The molecule has 2 aliphatic rings. The van der Waals surface area contributed by atoms with E-state index in [2.05, 4.69) is 20.7 Å². The van der Waals surface area contributed by atoms with Gasteiger partial charge in [-0.3, -0.25) is 14.4 Å². The van der Waals surface area contributed by atoms with Gasteiger partial charge in [0.25, 0.3) is 5.91 Å². The molecule has 1 saturated carbocycles. The number of hydrogen-bond acceptors (Lipinski definition) is 6. The number of halogens is 3. The van der Waals surface area contributed by atoms with Crippen LogP contribution in [0.4, 0.5) is 19.0 Å². The normalized spacial score (nSPS) is 18.2. The summed E-state index contributed by atoms with van der Waals surface area (Å²) in [7, 11) is 0. The van der Waals surface area contributed by atoms with Crippen LogP contribution in [0.5, 0.6) is 0 Å². The average molecular weight is 544 g/mol. The predicted molar refractivity (Wildman–Crippen MR) is 135 cm³/mol. The van der Waals surface area contributed by atoms with E-state index in [0.717, 1.165) is 18.9 Å². The number of nitrogen functional groups attached to an aromatic ring is 1. The summed E-state index contributed by atoms with van der Waals surface area (Å²) in [4.78, 5) is 42.3. The van der Waals surface area contributed by atoms with Gasteiger partial charge in [-0.2, -0.15) is 13.2 Å². The van der Waals surface area contributed by atoms with Crippen molar-refractivity contribution in [1.82, 2.24) is 30.1 Å². The minimum Gasteiger partial charge on any atom is -0.381 e. The third kappa shape index (κ3) is 5.25. The number of fused-ring (bicyclic) bond motifs is 1. The van der Waals surface area contributed by atoms with Crippen molar-refractivity contribution >= 4 is 29.7 Å². The number of nitrogens with one attached hydrogen (secondary N) is 2. The maximum atomic E-state index is 14.1. The van der Waals surface area contributed by atoms with Crippen LogP contribution in [0.25, 0.3) is 16.9 Å². The highest BCUT2D eigenvalue weighted by Crippen LogP contribution is 2.38. The number of amides is 3. The van der Waals surface area contributed by atoms with E-state index < -0.39 is 23.7 Å². The molecule has 1 aliphatic heterocycles. The van der Waals surface area contributed by atoms with Gasteiger partial charge in [0.2, 0.25) is 12.3 Å². The predicted octanol–water partition coefficient (Wildman–Crippen LogP) is 2.68. The molecule has 3 amide bonds. The molecule has 39 heavy (non-hydrogen) atoms. The minimum atomic E-state index is -4.63. The number of carbonyl (C=O) groups is 3. The Bertz CT molecular complexity index is 1470. The van der Waals surface area contributed by atoms with Crippen molar-refractivity contribution in [1.29, 1.82) is 0 Å². The SMILES string of the molecule is Cc1c(CN(C=O)C(C)C2CC2)cc(-c2ccn3nc(N)c(C(=O)NC4CNC(=O)C4)c3n2)cc1C(F)(F)F. The van der Waals surface area contributed by atoms with Crippen molar-refractivity contribution < 1.29 is 27.6 Å². The number of aromatic nitrogens is 3. The van der Waals surface area contributed by atoms with Crippen LogP contribution in [0, 0.1) is 12.8 Å². The number of benzene rings is 1. The standard InChI is InChI=1S/C26H28F3N7O3/c1-13-17(11-35(12-37)14(2)15-3-4-15)7-16(8-19(13)26(27,28)29)20-5-6-36-24(33-20)22(23(30)34-36)25(39)32-18-9-21(38)31-10-18/h5-8,12,14-15,18H,3-4,9-11H2,1-2H3,(H2,30,34)(H,31,38)(H,32,39). The Hall–Kier alpha value is -4.16. The van der Waals surface area contributed by atoms with Crippen molar-refractivity contribution in [2.45, 2.75) is 57.9 Å². The van der Waals surface area contributed by atoms with Crippen LogP contribution in [-0.2, 0) is 22.3 Å². The molecule has 1 aliphatic carbocycles. The van der Waals surface area contributed by atoms with Gasteiger partial charge in [0.05, 0.1) is 17.3 Å². The van der Waals surface area contributed by atoms with Crippen LogP contribution in [0.3, 0.4) is 0 Å². The number of anilines is 1. The van der Waals surface area contributed by atoms with E-state index in [-0.39, 0.29) is 65.3 Å². The molecular formula is C26H28F3N7O3.